The molecule has 0 fully saturated rings. The fourth-order valence-electron chi connectivity index (χ4n) is 2.45. The van der Waals surface area contributed by atoms with Crippen molar-refractivity contribution in [2.75, 3.05) is 13.7 Å². The van der Waals surface area contributed by atoms with Crippen LogP contribution in [0.5, 0.6) is 5.75 Å². The predicted octanol–water partition coefficient (Wildman–Crippen LogP) is 3.15. The van der Waals surface area contributed by atoms with E-state index in [1.807, 2.05) is 6.92 Å². The molecule has 0 radical (unpaired) electrons. The Bertz CT molecular complexity index is 1030. The van der Waals surface area contributed by atoms with Gasteiger partial charge in [0.25, 0.3) is 0 Å². The molecule has 6 nitrogen and oxygen atoms in total. The fraction of sp³-hybridized carbons (Fsp3) is 0.150. The summed E-state index contributed by atoms with van der Waals surface area (Å²) < 4.78 is 15.3. The van der Waals surface area contributed by atoms with Crippen LogP contribution in [-0.2, 0) is 4.74 Å². The van der Waals surface area contributed by atoms with Gasteiger partial charge in [0.05, 0.1) is 7.11 Å². The second-order valence-electron chi connectivity index (χ2n) is 5.69. The summed E-state index contributed by atoms with van der Waals surface area (Å²) in [4.78, 5) is 36.4. The monoisotopic (exact) mass is 352 g/mol. The predicted molar refractivity (Wildman–Crippen MR) is 94.8 cm³/mol. The molecule has 0 amide bonds. The molecule has 0 aliphatic rings. The highest BCUT2D eigenvalue weighted by molar-refractivity contribution is 6.00. The zero-order valence-corrected chi connectivity index (χ0v) is 14.3. The maximum absolute atomic E-state index is 12.2. The summed E-state index contributed by atoms with van der Waals surface area (Å²) in [7, 11) is 1.45. The number of carbonyl (C=O) groups excluding carboxylic acids is 2. The number of hydrogen-bond acceptors (Lipinski definition) is 6. The van der Waals surface area contributed by atoms with Crippen molar-refractivity contribution in [1.82, 2.24) is 0 Å². The minimum absolute atomic E-state index is 0.243. The van der Waals surface area contributed by atoms with Crippen molar-refractivity contribution in [1.29, 1.82) is 0 Å². The lowest BCUT2D eigenvalue weighted by atomic mass is 10.1. The Morgan fingerprint density at radius 1 is 1.08 bits per heavy atom. The first kappa shape index (κ1) is 17.4. The molecule has 0 unspecified atom stereocenters. The molecule has 0 atom stereocenters. The number of rotatable bonds is 5. The Morgan fingerprint density at radius 3 is 2.50 bits per heavy atom. The van der Waals surface area contributed by atoms with Gasteiger partial charge in [-0.3, -0.25) is 4.79 Å². The number of aryl methyl sites for hydroxylation is 1. The van der Waals surface area contributed by atoms with Gasteiger partial charge in [0.15, 0.2) is 23.7 Å². The van der Waals surface area contributed by atoms with E-state index in [0.29, 0.717) is 16.7 Å². The van der Waals surface area contributed by atoms with Crippen molar-refractivity contribution in [3.8, 4) is 5.75 Å². The van der Waals surface area contributed by atoms with Gasteiger partial charge >= 0.3 is 11.6 Å². The molecule has 0 saturated heterocycles. The topological polar surface area (TPSA) is 82.8 Å². The summed E-state index contributed by atoms with van der Waals surface area (Å²) >= 11 is 0. The van der Waals surface area contributed by atoms with Gasteiger partial charge in [-0.2, -0.15) is 0 Å². The zero-order chi connectivity index (χ0) is 18.7. The molecule has 132 valence electrons. The third-order valence-corrected chi connectivity index (χ3v) is 3.87. The molecule has 2 aromatic carbocycles. The molecule has 3 aromatic rings. The van der Waals surface area contributed by atoms with E-state index < -0.39 is 18.2 Å². The van der Waals surface area contributed by atoms with Crippen LogP contribution in [0.4, 0.5) is 0 Å². The molecule has 6 heteroatoms. The molecule has 0 aliphatic heterocycles. The van der Waals surface area contributed by atoms with Gasteiger partial charge in [-0.15, -0.1) is 0 Å². The van der Waals surface area contributed by atoms with Crippen LogP contribution >= 0.6 is 0 Å². The summed E-state index contributed by atoms with van der Waals surface area (Å²) in [5.74, 6) is -0.886. The number of benzene rings is 2. The van der Waals surface area contributed by atoms with Gasteiger partial charge in [-0.1, -0.05) is 42.0 Å². The van der Waals surface area contributed by atoms with Crippen LogP contribution in [-0.4, -0.2) is 25.5 Å². The standard InChI is InChI=1S/C20H16O6/c1-12-6-8-13(9-7-12)16(21)11-25-19(22)15-10-14-4-3-5-17(24-2)18(14)26-20(15)23/h3-10H,11H2,1-2H3. The number of carbonyl (C=O) groups is 2. The number of para-hydroxylation sites is 1. The lowest BCUT2D eigenvalue weighted by Crippen LogP contribution is -2.20. The third-order valence-electron chi connectivity index (χ3n) is 3.87. The smallest absolute Gasteiger partial charge is 0.351 e. The molecule has 0 saturated carbocycles. The SMILES string of the molecule is COc1cccc2cc(C(=O)OCC(=O)c3ccc(C)cc3)c(=O)oc12. The van der Waals surface area contributed by atoms with Gasteiger partial charge < -0.3 is 13.9 Å². The van der Waals surface area contributed by atoms with E-state index in [2.05, 4.69) is 0 Å². The maximum atomic E-state index is 12.2. The van der Waals surface area contributed by atoms with Crippen molar-refractivity contribution < 1.29 is 23.5 Å². The zero-order valence-electron chi connectivity index (χ0n) is 14.3. The average Bonchev–Trinajstić information content (AvgIpc) is 2.65. The van der Waals surface area contributed by atoms with Crippen LogP contribution in [0.1, 0.15) is 26.3 Å². The van der Waals surface area contributed by atoms with Gasteiger partial charge in [0, 0.05) is 10.9 Å². The molecule has 0 bridgehead atoms. The maximum Gasteiger partial charge on any atom is 0.351 e. The van der Waals surface area contributed by atoms with Crippen molar-refractivity contribution in [3.63, 3.8) is 0 Å². The number of hydrogen-bond donors (Lipinski definition) is 0. The van der Waals surface area contributed by atoms with Crippen LogP contribution in [0.25, 0.3) is 11.0 Å². The summed E-state index contributed by atoms with van der Waals surface area (Å²) in [5.41, 5.74) is 0.561. The molecule has 3 rings (SSSR count). The lowest BCUT2D eigenvalue weighted by molar-refractivity contribution is 0.0470. The Kier molecular flexibility index (Phi) is 4.84. The van der Waals surface area contributed by atoms with Crippen molar-refractivity contribution in [2.45, 2.75) is 6.92 Å². The number of ketones is 1. The molecular formula is C20H16O6. The van der Waals surface area contributed by atoms with Crippen LogP contribution in [0, 0.1) is 6.92 Å². The molecule has 0 spiro atoms. The summed E-state index contributed by atoms with van der Waals surface area (Å²) in [6.07, 6.45) is 0. The highest BCUT2D eigenvalue weighted by Crippen LogP contribution is 2.24. The number of fused-ring (bicyclic) bond motifs is 1. The third kappa shape index (κ3) is 3.49. The lowest BCUT2D eigenvalue weighted by Gasteiger charge is -2.06. The first-order chi connectivity index (χ1) is 12.5. The van der Waals surface area contributed by atoms with Gasteiger partial charge in [-0.25, -0.2) is 9.59 Å². The first-order valence-electron chi connectivity index (χ1n) is 7.87. The number of methoxy groups -OCH3 is 1. The highest BCUT2D eigenvalue weighted by Gasteiger charge is 2.18. The molecular weight excluding hydrogens is 336 g/mol. The van der Waals surface area contributed by atoms with Crippen LogP contribution in [0.3, 0.4) is 0 Å². The van der Waals surface area contributed by atoms with Gasteiger partial charge in [-0.05, 0) is 19.1 Å². The summed E-state index contributed by atoms with van der Waals surface area (Å²) in [5, 5.41) is 0.515. The van der Waals surface area contributed by atoms with Gasteiger partial charge in [0.1, 0.15) is 5.56 Å². The number of Topliss-reactive ketones (excluding diaryl/α,β-unsaturated/α-hetero) is 1. The Balaban J connectivity index is 1.79. The van der Waals surface area contributed by atoms with Crippen LogP contribution < -0.4 is 10.4 Å². The van der Waals surface area contributed by atoms with Crippen LogP contribution in [0.15, 0.2) is 57.7 Å². The Labute approximate surface area is 149 Å². The quantitative estimate of drug-likeness (QED) is 0.398. The minimum Gasteiger partial charge on any atom is -0.493 e. The Morgan fingerprint density at radius 2 is 1.81 bits per heavy atom. The summed E-state index contributed by atoms with van der Waals surface area (Å²) in [6, 6.07) is 13.3. The largest absolute Gasteiger partial charge is 0.493 e. The van der Waals surface area contributed by atoms with E-state index in [4.69, 9.17) is 13.9 Å². The molecule has 1 heterocycles. The molecule has 1 aromatic heterocycles. The van der Waals surface area contributed by atoms with E-state index in [-0.39, 0.29) is 16.9 Å². The summed E-state index contributed by atoms with van der Waals surface area (Å²) in [6.45, 7) is 1.44. The Hall–Kier alpha value is -3.41. The van der Waals surface area contributed by atoms with E-state index in [1.54, 1.807) is 42.5 Å². The van der Waals surface area contributed by atoms with E-state index in [0.717, 1.165) is 5.56 Å². The van der Waals surface area contributed by atoms with Crippen molar-refractivity contribution in [2.24, 2.45) is 0 Å². The number of ether oxygens (including phenoxy) is 2. The van der Waals surface area contributed by atoms with E-state index in [1.165, 1.54) is 13.2 Å². The molecule has 0 aliphatic carbocycles. The van der Waals surface area contributed by atoms with E-state index in [9.17, 15) is 14.4 Å². The van der Waals surface area contributed by atoms with Crippen LogP contribution in [0.2, 0.25) is 0 Å². The first-order valence-corrected chi connectivity index (χ1v) is 7.87. The molecule has 26 heavy (non-hydrogen) atoms. The fourth-order valence-corrected chi connectivity index (χ4v) is 2.45. The van der Waals surface area contributed by atoms with Crippen molar-refractivity contribution in [3.05, 3.63) is 75.6 Å². The highest BCUT2D eigenvalue weighted by atomic mass is 16.5. The normalized spacial score (nSPS) is 10.5. The minimum atomic E-state index is -0.913. The van der Waals surface area contributed by atoms with Crippen molar-refractivity contribution >= 4 is 22.7 Å². The van der Waals surface area contributed by atoms with Gasteiger partial charge in [0.2, 0.25) is 0 Å². The molecule has 0 N–H and O–H groups in total. The average molecular weight is 352 g/mol. The second-order valence-corrected chi connectivity index (χ2v) is 5.69. The number of esters is 1. The second kappa shape index (κ2) is 7.23. The van der Waals surface area contributed by atoms with E-state index >= 15 is 0 Å².